The van der Waals surface area contributed by atoms with Gasteiger partial charge in [0.2, 0.25) is 70.2 Å². The van der Waals surface area contributed by atoms with Gasteiger partial charge in [0, 0.05) is 51.7 Å². The fourth-order valence-electron chi connectivity index (χ4n) is 5.55. The Morgan fingerprint density at radius 1 is 0.431 bits per heavy atom. The molecule has 0 radical (unpaired) electrons. The second-order valence-corrected chi connectivity index (χ2v) is 27.6. The van der Waals surface area contributed by atoms with Crippen LogP contribution in [0.25, 0.3) is 0 Å². The van der Waals surface area contributed by atoms with Gasteiger partial charge < -0.3 is 5.32 Å². The van der Waals surface area contributed by atoms with Crippen LogP contribution in [0.15, 0.2) is 30.3 Å². The molecule has 1 unspecified atom stereocenters. The van der Waals surface area contributed by atoms with Crippen molar-refractivity contribution in [3.63, 3.8) is 0 Å². The Hall–Kier alpha value is -1.45. The van der Waals surface area contributed by atoms with Crippen LogP contribution in [-0.2, 0) is 70.2 Å². The van der Waals surface area contributed by atoms with Crippen LogP contribution in [0.3, 0.4) is 0 Å². The molecular weight excluding hydrogens is 909 g/mol. The smallest absolute Gasteiger partial charge is 0.217 e. The van der Waals surface area contributed by atoms with E-state index in [1.807, 2.05) is 30.3 Å². The molecule has 7 heterocycles. The van der Waals surface area contributed by atoms with Crippen molar-refractivity contribution in [3.8, 4) is 0 Å². The van der Waals surface area contributed by atoms with Gasteiger partial charge in [0.15, 0.2) is 0 Å². The van der Waals surface area contributed by atoms with E-state index in [4.69, 9.17) is 0 Å². The molecule has 0 bridgehead atoms. The Bertz CT molecular complexity index is 2120. The summed E-state index contributed by atoms with van der Waals surface area (Å²) in [6.45, 7) is 4.64. The normalized spacial score (nSPS) is 28.6. The maximum Gasteiger partial charge on any atom is 0.217 e. The Morgan fingerprint density at radius 3 is 1.16 bits per heavy atom. The van der Waals surface area contributed by atoms with E-state index in [0.717, 1.165) is 50.5 Å². The molecule has 7 aliphatic heterocycles. The molecule has 9 rings (SSSR count). The summed E-state index contributed by atoms with van der Waals surface area (Å²) in [6.07, 6.45) is 5.92. The molecule has 338 valence electrons. The number of benzene rings is 1. The van der Waals surface area contributed by atoms with E-state index in [2.05, 4.69) is 38.4 Å². The highest BCUT2D eigenvalue weighted by atomic mass is 32.2. The average molecular weight is 965 g/mol. The minimum Gasteiger partial charge on any atom is -0.303 e. The maximum atomic E-state index is 11.1. The molecule has 8 aliphatic rings. The Kier molecular flexibility index (Phi) is 19.4. The van der Waals surface area contributed by atoms with Crippen LogP contribution in [0.1, 0.15) is 56.4 Å². The van der Waals surface area contributed by atoms with Gasteiger partial charge in [-0.25, -0.2) is 92.0 Å². The molecule has 0 aromatic heterocycles. The summed E-state index contributed by atoms with van der Waals surface area (Å²) in [5, 5.41) is 2.85. The molecule has 1 aliphatic carbocycles. The monoisotopic (exact) mass is 964 g/mol. The predicted octanol–water partition coefficient (Wildman–Crippen LogP) is -3.75. The molecular formula is C29H56N8O14S7. The second kappa shape index (κ2) is 22.1. The summed E-state index contributed by atoms with van der Waals surface area (Å²) in [5.74, 6) is 1.79. The van der Waals surface area contributed by atoms with Crippen LogP contribution >= 0.6 is 0 Å². The van der Waals surface area contributed by atoms with Crippen LogP contribution in [-0.4, -0.2) is 151 Å². The Labute approximate surface area is 344 Å². The largest absolute Gasteiger partial charge is 0.303 e. The molecule has 8 fully saturated rings. The maximum absolute atomic E-state index is 11.1. The van der Waals surface area contributed by atoms with Crippen LogP contribution in [0.2, 0.25) is 0 Å². The summed E-state index contributed by atoms with van der Waals surface area (Å²) in [5.41, 5.74) is 1.09. The first-order chi connectivity index (χ1) is 26.9. The fraction of sp³-hybridized carbons (Fsp3) is 0.793. The van der Waals surface area contributed by atoms with Crippen LogP contribution in [0.4, 0.5) is 0 Å². The summed E-state index contributed by atoms with van der Waals surface area (Å²) >= 11 is 0. The quantitative estimate of drug-likeness (QED) is 0.134. The van der Waals surface area contributed by atoms with Crippen molar-refractivity contribution in [2.24, 2.45) is 0 Å². The van der Waals surface area contributed by atoms with Gasteiger partial charge >= 0.3 is 0 Å². The lowest BCUT2D eigenvalue weighted by atomic mass is 10.0. The van der Waals surface area contributed by atoms with Crippen molar-refractivity contribution in [1.29, 1.82) is 0 Å². The first-order valence-electron chi connectivity index (χ1n) is 18.5. The van der Waals surface area contributed by atoms with Crippen molar-refractivity contribution < 1.29 is 58.9 Å². The molecule has 8 N–H and O–H groups in total. The van der Waals surface area contributed by atoms with E-state index in [-0.39, 0.29) is 22.2 Å². The Balaban J connectivity index is 0.000000184. The standard InChI is InChI=1S/C9H11NO2S.C5H9NO2S.C4H9NO2S.C3H8N2O2S.2C3H7NO2S.C2H5NO2S/c11-13(12)7-9(6-10-13)8-4-2-1-3-5-8;7-9(8)5(1-2-5)3-4-6-9;6-8(7)4-2-1-3-5-8;6-8(7)2-1-4-3-5-8;2*5-7(6)3-1-2-4-7;4-6(5)2-1-3-6/h1-5,9-10H,6-7H2;6H,1-4H2;5H,1-4H2;4-5H,1-3H2;2*4H,1-3H2;3H,1-2H2. The fourth-order valence-corrected chi connectivity index (χ4v) is 13.5. The van der Waals surface area contributed by atoms with Crippen molar-refractivity contribution >= 4 is 70.2 Å². The molecule has 1 aromatic rings. The van der Waals surface area contributed by atoms with Crippen molar-refractivity contribution in [2.75, 3.05) is 87.0 Å². The summed E-state index contributed by atoms with van der Waals surface area (Å²) in [6, 6.07) is 9.72. The van der Waals surface area contributed by atoms with Crippen LogP contribution < -0.4 is 38.4 Å². The van der Waals surface area contributed by atoms with E-state index < -0.39 is 70.2 Å². The van der Waals surface area contributed by atoms with Gasteiger partial charge in [-0.05, 0) is 50.5 Å². The zero-order chi connectivity index (χ0) is 43.2. The van der Waals surface area contributed by atoms with Crippen LogP contribution in [0, 0.1) is 0 Å². The average Bonchev–Trinajstić information content (AvgIpc) is 3.31. The highest BCUT2D eigenvalue weighted by Crippen LogP contribution is 2.48. The van der Waals surface area contributed by atoms with Gasteiger partial charge in [0.1, 0.15) is 0 Å². The molecule has 1 spiro atoms. The van der Waals surface area contributed by atoms with Crippen molar-refractivity contribution in [3.05, 3.63) is 35.9 Å². The zero-order valence-corrected chi connectivity index (χ0v) is 37.6. The summed E-state index contributed by atoms with van der Waals surface area (Å²) in [7, 11) is -19.9. The number of rotatable bonds is 1. The lowest BCUT2D eigenvalue weighted by Crippen LogP contribution is -2.44. The summed E-state index contributed by atoms with van der Waals surface area (Å²) < 4.78 is 164. The highest BCUT2D eigenvalue weighted by molar-refractivity contribution is 7.92. The minimum absolute atomic E-state index is 0.117. The molecule has 1 atom stereocenters. The number of hydrogen-bond donors (Lipinski definition) is 8. The Morgan fingerprint density at radius 2 is 0.914 bits per heavy atom. The van der Waals surface area contributed by atoms with Gasteiger partial charge in [0.25, 0.3) is 0 Å². The van der Waals surface area contributed by atoms with E-state index in [1.165, 1.54) is 0 Å². The molecule has 58 heavy (non-hydrogen) atoms. The van der Waals surface area contributed by atoms with Gasteiger partial charge in [-0.3, -0.25) is 0 Å². The van der Waals surface area contributed by atoms with Crippen molar-refractivity contribution in [2.45, 2.75) is 55.6 Å². The molecule has 0 amide bonds. The first kappa shape index (κ1) is 50.9. The molecule has 1 aromatic carbocycles. The zero-order valence-electron chi connectivity index (χ0n) is 31.9. The number of sulfonamides is 7. The third-order valence-corrected chi connectivity index (χ3v) is 20.0. The highest BCUT2D eigenvalue weighted by Gasteiger charge is 2.57. The van der Waals surface area contributed by atoms with Gasteiger partial charge in [-0.2, -0.15) is 0 Å². The SMILES string of the molecule is O=S1(=O)CC(c2ccccc2)CN1.O=S1(=O)CCCCN1.O=S1(=O)CCCN1.O=S1(=O)CCCN1.O=S1(=O)CCN1.O=S1(=O)CCNCN1.O=S1(=O)NCCC12CC2. The van der Waals surface area contributed by atoms with E-state index in [1.54, 1.807) is 0 Å². The molecule has 7 saturated heterocycles. The number of nitrogens with one attached hydrogen (secondary N) is 8. The predicted molar refractivity (Wildman–Crippen MR) is 220 cm³/mol. The van der Waals surface area contributed by atoms with Crippen LogP contribution in [0.5, 0.6) is 0 Å². The third kappa shape index (κ3) is 19.5. The summed E-state index contributed by atoms with van der Waals surface area (Å²) in [4.78, 5) is 0. The molecule has 1 saturated carbocycles. The first-order valence-corrected chi connectivity index (χ1v) is 29.9. The van der Waals surface area contributed by atoms with Gasteiger partial charge in [-0.15, -0.1) is 0 Å². The lowest BCUT2D eigenvalue weighted by Gasteiger charge is -2.12. The minimum atomic E-state index is -2.99. The third-order valence-electron chi connectivity index (χ3n) is 9.13. The lowest BCUT2D eigenvalue weighted by molar-refractivity contribution is 0.551. The van der Waals surface area contributed by atoms with E-state index >= 15 is 0 Å². The van der Waals surface area contributed by atoms with E-state index in [9.17, 15) is 58.9 Å². The molecule has 22 nitrogen and oxygen atoms in total. The topological polar surface area (TPSA) is 335 Å². The van der Waals surface area contributed by atoms with Gasteiger partial charge in [-0.1, -0.05) is 30.3 Å². The second-order valence-electron chi connectivity index (χ2n) is 14.0. The van der Waals surface area contributed by atoms with Gasteiger partial charge in [0.05, 0.1) is 45.9 Å². The molecule has 29 heteroatoms. The van der Waals surface area contributed by atoms with Crippen molar-refractivity contribution in [1.82, 2.24) is 38.4 Å². The van der Waals surface area contributed by atoms with E-state index in [0.29, 0.717) is 75.5 Å². The number of hydrogen-bond acceptors (Lipinski definition) is 15.